The highest BCUT2D eigenvalue weighted by atomic mass is 15.2. The van der Waals surface area contributed by atoms with Crippen LogP contribution in [0.1, 0.15) is 148 Å². The Labute approximate surface area is 705 Å². The number of benzene rings is 15. The van der Waals surface area contributed by atoms with Crippen LogP contribution < -0.4 is 26.2 Å². The van der Waals surface area contributed by atoms with Gasteiger partial charge < -0.3 is 23.5 Å². The molecule has 6 nitrogen and oxygen atoms in total. The Morgan fingerprint density at radius 3 is 1.19 bits per heavy atom. The molecule has 574 valence electrons. The van der Waals surface area contributed by atoms with Gasteiger partial charge in [0.1, 0.15) is 6.07 Å². The number of hydrogen-bond acceptors (Lipinski definition) is 3. The highest BCUT2D eigenvalue weighted by Gasteiger charge is 2.46. The first-order valence-corrected chi connectivity index (χ1v) is 41.2. The van der Waals surface area contributed by atoms with E-state index < -0.39 is 55.1 Å². The van der Waals surface area contributed by atoms with E-state index >= 15 is 0 Å². The molecule has 118 heavy (non-hydrogen) atoms. The van der Waals surface area contributed by atoms with Crippen LogP contribution in [0.5, 0.6) is 0 Å². The van der Waals surface area contributed by atoms with Crippen molar-refractivity contribution in [3.63, 3.8) is 0 Å². The van der Waals surface area contributed by atoms with Crippen molar-refractivity contribution < 1.29 is 11.0 Å². The number of nitriles is 1. The molecule has 0 fully saturated rings. The zero-order valence-electron chi connectivity index (χ0n) is 77.7. The van der Waals surface area contributed by atoms with Crippen molar-refractivity contribution >= 4 is 123 Å². The first kappa shape index (κ1) is 65.1. The van der Waals surface area contributed by atoms with E-state index in [2.05, 4.69) is 372 Å². The van der Waals surface area contributed by atoms with Crippen LogP contribution in [0.2, 0.25) is 0 Å². The van der Waals surface area contributed by atoms with E-state index in [0.717, 1.165) is 155 Å². The summed E-state index contributed by atoms with van der Waals surface area (Å²) in [6.45, 7) is 33.6. The summed E-state index contributed by atoms with van der Waals surface area (Å²) >= 11 is 0. The molecular weight excluding hydrogens is 1430 g/mol. The minimum Gasteiger partial charge on any atom is -0.310 e. The smallest absolute Gasteiger partial charge is 0.252 e. The lowest BCUT2D eigenvalue weighted by molar-refractivity contribution is 0.569. The molecule has 0 bridgehead atoms. The number of hydrogen-bond donors (Lipinski definition) is 0. The van der Waals surface area contributed by atoms with E-state index in [1.54, 1.807) is 4.57 Å². The van der Waals surface area contributed by atoms with Gasteiger partial charge in [-0.3, -0.25) is 0 Å². The summed E-state index contributed by atoms with van der Waals surface area (Å²) in [5.74, 6) is 0. The average Bonchev–Trinajstić information content (AvgIpc) is 0.750. The van der Waals surface area contributed by atoms with Gasteiger partial charge in [0.25, 0.3) is 6.71 Å². The predicted molar refractivity (Wildman–Crippen MR) is 503 cm³/mol. The molecule has 5 heterocycles. The minimum absolute atomic E-state index is 0.00779. The maximum atomic E-state index is 12.3. The van der Waals surface area contributed by atoms with Gasteiger partial charge in [-0.15, -0.1) is 0 Å². The lowest BCUT2D eigenvalue weighted by atomic mass is 9.33. The van der Waals surface area contributed by atoms with Gasteiger partial charge in [0.2, 0.25) is 0 Å². The van der Waals surface area contributed by atoms with Crippen LogP contribution >= 0.6 is 0 Å². The molecule has 18 aromatic rings. The van der Waals surface area contributed by atoms with E-state index in [4.69, 9.17) is 0 Å². The van der Waals surface area contributed by atoms with Gasteiger partial charge in [-0.1, -0.05) is 304 Å². The van der Waals surface area contributed by atoms with Gasteiger partial charge in [-0.25, -0.2) is 0 Å². The molecule has 15 aromatic carbocycles. The maximum absolute atomic E-state index is 12.3. The summed E-state index contributed by atoms with van der Waals surface area (Å²) in [6.07, 6.45) is 0. The lowest BCUT2D eigenvalue weighted by Gasteiger charge is -2.46. The van der Waals surface area contributed by atoms with Crippen molar-refractivity contribution in [2.24, 2.45) is 0 Å². The number of nitrogens with zero attached hydrogens (tertiary/aromatic N) is 6. The van der Waals surface area contributed by atoms with Crippen molar-refractivity contribution in [2.45, 2.75) is 131 Å². The fourth-order valence-electron chi connectivity index (χ4n) is 18.6. The normalized spacial score (nSPS) is 14.1. The van der Waals surface area contributed by atoms with Gasteiger partial charge in [0.15, 0.2) is 0 Å². The minimum atomic E-state index is -0.634. The Kier molecular flexibility index (Phi) is 14.9. The molecule has 0 N–H and O–H groups in total. The van der Waals surface area contributed by atoms with Gasteiger partial charge >= 0.3 is 0 Å². The van der Waals surface area contributed by atoms with Crippen molar-refractivity contribution in [3.8, 4) is 67.6 Å². The fraction of sp³-hybridized carbons (Fsp3) is 0.180. The number of aromatic nitrogens is 3. The van der Waals surface area contributed by atoms with Gasteiger partial charge in [0.05, 0.1) is 61.0 Å². The molecule has 0 amide bonds. The van der Waals surface area contributed by atoms with E-state index in [9.17, 15) is 16.2 Å². The zero-order valence-corrected chi connectivity index (χ0v) is 69.7. The molecule has 0 unspecified atom stereocenters. The number of para-hydroxylation sites is 4. The third-order valence-electron chi connectivity index (χ3n) is 24.9. The van der Waals surface area contributed by atoms with Crippen molar-refractivity contribution in [3.05, 3.63) is 349 Å². The average molecular weight is 1530 g/mol. The van der Waals surface area contributed by atoms with Crippen LogP contribution in [0, 0.1) is 11.3 Å². The Balaban J connectivity index is 1.01. The SMILES string of the molecule is [2H]c1c([2H])c([2H])c2c(c1[2H])c1c([2H])c([2H])c([2H])c([2H])c1n2-c1ccc2c(c1)N(c1cc(-n3c4ccccc4c4ccccc43)ccc1C#N)c1cc(-c3cc(C(C)(C)C)cc(C(C)(C)C)c3)cc3c1B2c1ccc(-n2c4ccc(C(C)(C)C)cc4c4cc(C(C)(C)C)ccc42)cc1N3c1c(-c2ccccc2)cc(C(C)(C)C)cc1-c1ccccc1-c1ccccc1. The Morgan fingerprint density at radius 1 is 0.280 bits per heavy atom. The van der Waals surface area contributed by atoms with Crippen LogP contribution in [-0.2, 0) is 27.1 Å². The second kappa shape index (κ2) is 27.0. The summed E-state index contributed by atoms with van der Waals surface area (Å²) in [6, 6.07) is 96.2. The quantitative estimate of drug-likeness (QED) is 0.135. The zero-order chi connectivity index (χ0) is 88.3. The van der Waals surface area contributed by atoms with Crippen molar-refractivity contribution in [1.82, 2.24) is 13.7 Å². The summed E-state index contributed by atoms with van der Waals surface area (Å²) in [4.78, 5) is 4.85. The highest BCUT2D eigenvalue weighted by molar-refractivity contribution is 7.00. The van der Waals surface area contributed by atoms with E-state index in [0.29, 0.717) is 22.6 Å². The first-order chi connectivity index (χ1) is 60.0. The van der Waals surface area contributed by atoms with E-state index in [1.807, 2.05) is 24.3 Å². The Morgan fingerprint density at radius 2 is 0.678 bits per heavy atom. The molecule has 2 aliphatic heterocycles. The monoisotopic (exact) mass is 1530 g/mol. The summed E-state index contributed by atoms with van der Waals surface area (Å²) in [7, 11) is 0. The highest BCUT2D eigenvalue weighted by Crippen LogP contribution is 2.56. The molecule has 0 radical (unpaired) electrons. The van der Waals surface area contributed by atoms with Crippen LogP contribution in [0.25, 0.3) is 127 Å². The molecule has 7 heteroatoms. The Hall–Kier alpha value is -13.1. The molecule has 0 aliphatic carbocycles. The molecule has 0 saturated heterocycles. The molecule has 20 rings (SSSR count). The summed E-state index contributed by atoms with van der Waals surface area (Å²) in [5.41, 5.74) is 26.5. The van der Waals surface area contributed by atoms with Gasteiger partial charge in [-0.2, -0.15) is 5.26 Å². The van der Waals surface area contributed by atoms with Crippen LogP contribution in [0.3, 0.4) is 0 Å². The summed E-state index contributed by atoms with van der Waals surface area (Å²) in [5, 5.41) is 16.7. The Bertz CT molecular complexity index is 7510. The van der Waals surface area contributed by atoms with E-state index in [1.165, 1.54) is 11.1 Å². The molecular formula is C111H97BN6. The molecule has 3 aromatic heterocycles. The van der Waals surface area contributed by atoms with Crippen LogP contribution in [0.15, 0.2) is 315 Å². The van der Waals surface area contributed by atoms with Crippen molar-refractivity contribution in [1.29, 1.82) is 5.26 Å². The van der Waals surface area contributed by atoms with Crippen LogP contribution in [-0.4, -0.2) is 20.4 Å². The lowest BCUT2D eigenvalue weighted by Crippen LogP contribution is -2.61. The fourth-order valence-corrected chi connectivity index (χ4v) is 18.6. The number of fused-ring (bicyclic) bond motifs is 13. The molecule has 2 aliphatic rings. The van der Waals surface area contributed by atoms with Gasteiger partial charge in [-0.05, 0) is 220 Å². The third kappa shape index (κ3) is 11.9. The van der Waals surface area contributed by atoms with Gasteiger partial charge in [0, 0.05) is 83.3 Å². The topological polar surface area (TPSA) is 45.1 Å². The number of rotatable bonds is 9. The third-order valence-corrected chi connectivity index (χ3v) is 24.9. The molecule has 0 saturated carbocycles. The van der Waals surface area contributed by atoms with Crippen LogP contribution in [0.4, 0.5) is 34.1 Å². The summed E-state index contributed by atoms with van der Waals surface area (Å²) < 4.78 is 82.8. The maximum Gasteiger partial charge on any atom is 0.252 e. The second-order valence-electron chi connectivity index (χ2n) is 37.5. The predicted octanol–water partition coefficient (Wildman–Crippen LogP) is 28.1. The molecule has 0 spiro atoms. The first-order valence-electron chi connectivity index (χ1n) is 45.2. The number of anilines is 6. The largest absolute Gasteiger partial charge is 0.310 e. The standard InChI is InChI=1S/C111H97BN6/c1-107(2,3)74-47-54-98-89(61-74)90-62-75(108(4,5)6)48-55-99(90)116(98)81-51-53-93-102(67-81)118(106-88(70-34-20-17-21-35-70)63-78(111(13,14)15)64-91(106)83-37-23-22-36-82(83)69-32-18-16-19-33-69)104-59-73(72-56-76(109(7,8)9)60-77(57-72)110(10,11)12)58-103-105(104)112(93)92-52-50-80(115-96-44-30-26-40-86(96)87-41-27-31-45-97(87)115)66-101(92)117(103)100-65-79(49-46-71(100)68-113)114-94-42-28-24-38-84(94)85-39-25-29-43-95(85)114/h16-67H,1-15H3/i26D,27D,30D,31D,40D,41D,44D,45D. The second-order valence-corrected chi connectivity index (χ2v) is 37.5. The van der Waals surface area contributed by atoms with E-state index in [-0.39, 0.29) is 48.9 Å². The van der Waals surface area contributed by atoms with Crippen molar-refractivity contribution in [2.75, 3.05) is 9.80 Å². The molecule has 0 atom stereocenters.